The molecular weight excluding hydrogens is 382 g/mol. The van der Waals surface area contributed by atoms with Crippen LogP contribution >= 0.6 is 0 Å². The number of quaternary nitrogens is 1. The zero-order valence-electron chi connectivity index (χ0n) is 15.5. The van der Waals surface area contributed by atoms with Crippen LogP contribution in [-0.2, 0) is 4.74 Å². The van der Waals surface area contributed by atoms with Crippen molar-refractivity contribution in [3.63, 3.8) is 0 Å². The molecule has 0 radical (unpaired) electrons. The molecule has 1 aromatic carbocycles. The summed E-state index contributed by atoms with van der Waals surface area (Å²) in [5.74, 6) is 2.08. The monoisotopic (exact) mass is 411 g/mol. The number of rotatable bonds is 4. The summed E-state index contributed by atoms with van der Waals surface area (Å²) >= 11 is 0. The van der Waals surface area contributed by atoms with Crippen molar-refractivity contribution in [2.45, 2.75) is 38.7 Å². The van der Waals surface area contributed by atoms with Gasteiger partial charge in [0, 0.05) is 5.92 Å². The van der Waals surface area contributed by atoms with Crippen LogP contribution in [-0.4, -0.2) is 50.3 Å². The molecule has 1 saturated carbocycles. The van der Waals surface area contributed by atoms with E-state index in [2.05, 4.69) is 14.0 Å². The van der Waals surface area contributed by atoms with E-state index in [-0.39, 0.29) is 29.1 Å². The summed E-state index contributed by atoms with van der Waals surface area (Å²) in [6.45, 7) is 6.01. The lowest BCUT2D eigenvalue weighted by Gasteiger charge is -2.47. The Bertz CT molecular complexity index is 577. The molecule has 0 aromatic heterocycles. The summed E-state index contributed by atoms with van der Waals surface area (Å²) in [5.41, 5.74) is 0.607. The number of hydrogen-bond donors (Lipinski definition) is 0. The highest BCUT2D eigenvalue weighted by Gasteiger charge is 2.41. The number of nitrogens with zero attached hydrogens (tertiary/aromatic N) is 1. The van der Waals surface area contributed by atoms with E-state index in [0.29, 0.717) is 11.5 Å². The van der Waals surface area contributed by atoms with Crippen LogP contribution in [0, 0.1) is 11.8 Å². The third kappa shape index (κ3) is 4.76. The largest absolute Gasteiger partial charge is 1.00 e. The molecule has 0 spiro atoms. The molecule has 140 valence electrons. The smallest absolute Gasteiger partial charge is 0.338 e. The van der Waals surface area contributed by atoms with Crippen LogP contribution in [0.15, 0.2) is 24.3 Å². The van der Waals surface area contributed by atoms with E-state index in [1.807, 2.05) is 0 Å². The number of carbonyl (C=O) groups is 1. The Morgan fingerprint density at radius 3 is 2.52 bits per heavy atom. The maximum Gasteiger partial charge on any atom is 0.338 e. The minimum atomic E-state index is -0.204. The summed E-state index contributed by atoms with van der Waals surface area (Å²) in [6.07, 6.45) is 4.65. The molecule has 0 amide bonds. The number of ether oxygens (including phenoxy) is 2. The van der Waals surface area contributed by atoms with Crippen LogP contribution in [0.3, 0.4) is 0 Å². The lowest BCUT2D eigenvalue weighted by atomic mass is 9.73. The molecular formula is C20H30BrNO3. The summed E-state index contributed by atoms with van der Waals surface area (Å²) in [6, 6.07) is 7.16. The first-order valence-electron chi connectivity index (χ1n) is 9.21. The van der Waals surface area contributed by atoms with Crippen molar-refractivity contribution in [3.8, 4) is 5.75 Å². The summed E-state index contributed by atoms with van der Waals surface area (Å²) in [4.78, 5) is 12.4. The minimum absolute atomic E-state index is 0. The van der Waals surface area contributed by atoms with Gasteiger partial charge in [-0.1, -0.05) is 0 Å². The van der Waals surface area contributed by atoms with E-state index in [1.165, 1.54) is 37.0 Å². The number of benzene rings is 1. The van der Waals surface area contributed by atoms with Crippen LogP contribution < -0.4 is 21.7 Å². The molecule has 3 rings (SSSR count). The van der Waals surface area contributed by atoms with Gasteiger partial charge in [-0.05, 0) is 62.8 Å². The van der Waals surface area contributed by atoms with Gasteiger partial charge in [-0.3, -0.25) is 0 Å². The van der Waals surface area contributed by atoms with E-state index < -0.39 is 0 Å². The topological polar surface area (TPSA) is 35.5 Å². The van der Waals surface area contributed by atoms with Gasteiger partial charge in [-0.15, -0.1) is 0 Å². The Morgan fingerprint density at radius 2 is 1.88 bits per heavy atom. The second-order valence-corrected chi connectivity index (χ2v) is 7.72. The zero-order valence-corrected chi connectivity index (χ0v) is 17.1. The first kappa shape index (κ1) is 20.2. The van der Waals surface area contributed by atoms with E-state index in [4.69, 9.17) is 9.47 Å². The molecule has 1 unspecified atom stereocenters. The Kier molecular flexibility index (Phi) is 6.92. The molecule has 1 saturated heterocycles. The molecule has 4 atom stereocenters. The van der Waals surface area contributed by atoms with Crippen molar-refractivity contribution < 1.29 is 35.7 Å². The molecule has 1 aromatic rings. The highest BCUT2D eigenvalue weighted by molar-refractivity contribution is 5.89. The Balaban J connectivity index is 0.00000225. The molecule has 2 aliphatic rings. The lowest BCUT2D eigenvalue weighted by molar-refractivity contribution is -0.917. The number of fused-ring (bicyclic) bond motifs is 1. The first-order chi connectivity index (χ1) is 11.5. The Hall–Kier alpha value is -1.07. The van der Waals surface area contributed by atoms with Crippen LogP contribution in [0.5, 0.6) is 5.75 Å². The van der Waals surface area contributed by atoms with E-state index in [0.717, 1.165) is 24.5 Å². The molecule has 4 nitrogen and oxygen atoms in total. The van der Waals surface area contributed by atoms with Crippen molar-refractivity contribution in [1.82, 2.24) is 0 Å². The molecule has 1 aliphatic heterocycles. The number of halogens is 1. The maximum atomic E-state index is 12.4. The van der Waals surface area contributed by atoms with Gasteiger partial charge in [0.15, 0.2) is 0 Å². The fourth-order valence-corrected chi connectivity index (χ4v) is 4.36. The fourth-order valence-electron chi connectivity index (χ4n) is 4.36. The van der Waals surface area contributed by atoms with Gasteiger partial charge in [-0.2, -0.15) is 0 Å². The van der Waals surface area contributed by atoms with Gasteiger partial charge in [0.05, 0.1) is 39.4 Å². The average molecular weight is 412 g/mol. The quantitative estimate of drug-likeness (QED) is 0.534. The maximum absolute atomic E-state index is 12.4. The van der Waals surface area contributed by atoms with Gasteiger partial charge in [0.25, 0.3) is 0 Å². The van der Waals surface area contributed by atoms with Crippen LogP contribution in [0.2, 0.25) is 0 Å². The van der Waals surface area contributed by atoms with Crippen molar-refractivity contribution in [2.75, 3.05) is 33.8 Å². The van der Waals surface area contributed by atoms with E-state index in [1.54, 1.807) is 31.4 Å². The number of likely N-dealkylation sites (tertiary alicyclic amines) is 1. The number of piperidine rings is 1. The van der Waals surface area contributed by atoms with Crippen LogP contribution in [0.4, 0.5) is 0 Å². The van der Waals surface area contributed by atoms with Gasteiger partial charge < -0.3 is 30.9 Å². The van der Waals surface area contributed by atoms with Gasteiger partial charge >= 0.3 is 5.97 Å². The minimum Gasteiger partial charge on any atom is -1.00 e. The van der Waals surface area contributed by atoms with E-state index in [9.17, 15) is 4.79 Å². The standard InChI is InChI=1S/C20H30NO3.BrH/c1-4-21(2)12-11-15-5-10-19(13-17(15)14-21)24-20(22)16-6-8-18(23-3)9-7-16;/h6-9,15,17,19H,4-5,10-14H2,1-3H3;1H/q+1;/p-1/t15-,17-,19+,21?;/m0./s1. The summed E-state index contributed by atoms with van der Waals surface area (Å²) in [5, 5.41) is 0. The van der Waals surface area contributed by atoms with Crippen molar-refractivity contribution >= 4 is 5.97 Å². The van der Waals surface area contributed by atoms with Crippen LogP contribution in [0.25, 0.3) is 0 Å². The zero-order chi connectivity index (χ0) is 17.2. The van der Waals surface area contributed by atoms with Gasteiger partial charge in [0.1, 0.15) is 11.9 Å². The number of carbonyl (C=O) groups excluding carboxylic acids is 1. The summed E-state index contributed by atoms with van der Waals surface area (Å²) < 4.78 is 12.1. The normalized spacial score (nSPS) is 31.4. The van der Waals surface area contributed by atoms with Crippen molar-refractivity contribution in [3.05, 3.63) is 29.8 Å². The SMILES string of the molecule is CC[N+]1(C)CC[C@@H]2CC[C@@H](OC(=O)c3ccc(OC)cc3)C[C@H]2C1.[Br-]. The van der Waals surface area contributed by atoms with Crippen molar-refractivity contribution in [2.24, 2.45) is 11.8 Å². The number of esters is 1. The molecule has 25 heavy (non-hydrogen) atoms. The Labute approximate surface area is 161 Å². The second-order valence-electron chi connectivity index (χ2n) is 7.72. The average Bonchev–Trinajstić information content (AvgIpc) is 2.61. The van der Waals surface area contributed by atoms with E-state index >= 15 is 0 Å². The molecule has 0 N–H and O–H groups in total. The van der Waals surface area contributed by atoms with Crippen LogP contribution in [0.1, 0.15) is 43.0 Å². The highest BCUT2D eigenvalue weighted by Crippen LogP contribution is 2.39. The third-order valence-electron chi connectivity index (χ3n) is 6.17. The van der Waals surface area contributed by atoms with Crippen molar-refractivity contribution in [1.29, 1.82) is 0 Å². The molecule has 2 fully saturated rings. The molecule has 0 bridgehead atoms. The Morgan fingerprint density at radius 1 is 1.16 bits per heavy atom. The van der Waals surface area contributed by atoms with Gasteiger partial charge in [0.2, 0.25) is 0 Å². The molecule has 5 heteroatoms. The fraction of sp³-hybridized carbons (Fsp3) is 0.650. The number of methoxy groups -OCH3 is 1. The predicted molar refractivity (Wildman–Crippen MR) is 94.1 cm³/mol. The number of hydrogen-bond acceptors (Lipinski definition) is 3. The molecule has 1 aliphatic carbocycles. The highest BCUT2D eigenvalue weighted by atomic mass is 79.9. The first-order valence-corrected chi connectivity index (χ1v) is 9.21. The second kappa shape index (κ2) is 8.54. The lowest BCUT2D eigenvalue weighted by Crippen LogP contribution is -3.00. The summed E-state index contributed by atoms with van der Waals surface area (Å²) in [7, 11) is 3.99. The predicted octanol–water partition coefficient (Wildman–Crippen LogP) is 0.511. The van der Waals surface area contributed by atoms with Gasteiger partial charge in [-0.25, -0.2) is 4.79 Å². The third-order valence-corrected chi connectivity index (χ3v) is 6.17. The molecule has 1 heterocycles.